The molecular weight excluding hydrogens is 454 g/mol. The van der Waals surface area contributed by atoms with Crippen LogP contribution in [0.4, 0.5) is 0 Å². The van der Waals surface area contributed by atoms with Gasteiger partial charge in [0.25, 0.3) is 0 Å². The van der Waals surface area contributed by atoms with Crippen molar-refractivity contribution in [1.29, 1.82) is 0 Å². The van der Waals surface area contributed by atoms with E-state index in [4.69, 9.17) is 25.6 Å². The van der Waals surface area contributed by atoms with Gasteiger partial charge >= 0.3 is 0 Å². The van der Waals surface area contributed by atoms with E-state index in [9.17, 15) is 8.42 Å². The van der Waals surface area contributed by atoms with Gasteiger partial charge in [-0.1, -0.05) is 22.8 Å². The monoisotopic (exact) mass is 477 g/mol. The average Bonchev–Trinajstić information content (AvgIpc) is 3.30. The summed E-state index contributed by atoms with van der Waals surface area (Å²) in [5.74, 6) is 1.79. The maximum atomic E-state index is 13.3. The van der Waals surface area contributed by atoms with E-state index in [-0.39, 0.29) is 17.4 Å². The highest BCUT2D eigenvalue weighted by Crippen LogP contribution is 2.34. The molecule has 32 heavy (non-hydrogen) atoms. The Morgan fingerprint density at radius 1 is 1.12 bits per heavy atom. The molecule has 0 bridgehead atoms. The average molecular weight is 478 g/mol. The number of piperidine rings is 1. The van der Waals surface area contributed by atoms with Crippen LogP contribution in [0.15, 0.2) is 45.8 Å². The molecule has 8 nitrogen and oxygen atoms in total. The van der Waals surface area contributed by atoms with Crippen LogP contribution in [0.1, 0.15) is 30.2 Å². The number of sulfonamides is 1. The Bertz CT molecular complexity index is 1230. The van der Waals surface area contributed by atoms with E-state index in [0.717, 1.165) is 6.42 Å². The van der Waals surface area contributed by atoms with E-state index >= 15 is 0 Å². The van der Waals surface area contributed by atoms with Crippen LogP contribution in [0.5, 0.6) is 11.5 Å². The molecule has 1 atom stereocenters. The van der Waals surface area contributed by atoms with Crippen LogP contribution >= 0.6 is 11.6 Å². The number of rotatable bonds is 6. The lowest BCUT2D eigenvalue weighted by molar-refractivity contribution is 0.265. The lowest BCUT2D eigenvalue weighted by Gasteiger charge is -2.30. The van der Waals surface area contributed by atoms with Crippen LogP contribution < -0.4 is 9.47 Å². The molecule has 2 aromatic carbocycles. The van der Waals surface area contributed by atoms with Crippen molar-refractivity contribution < 1.29 is 22.4 Å². The summed E-state index contributed by atoms with van der Waals surface area (Å²) in [5, 5.41) is 4.48. The fourth-order valence-corrected chi connectivity index (χ4v) is 5.86. The van der Waals surface area contributed by atoms with E-state index in [1.54, 1.807) is 45.4 Å². The SMILES string of the molecule is COc1ccc(-c2noc([C@H]3CCCN(S(=O)(=O)c4cc(Cl)ccc4C)C3)n2)cc1OC. The second kappa shape index (κ2) is 9.09. The molecule has 1 saturated heterocycles. The number of hydrogen-bond acceptors (Lipinski definition) is 7. The van der Waals surface area contributed by atoms with Gasteiger partial charge in [-0.2, -0.15) is 9.29 Å². The fourth-order valence-electron chi connectivity index (χ4n) is 3.85. The molecular formula is C22H24ClN3O5S. The summed E-state index contributed by atoms with van der Waals surface area (Å²) >= 11 is 6.05. The summed E-state index contributed by atoms with van der Waals surface area (Å²) in [6.07, 6.45) is 1.45. The summed E-state index contributed by atoms with van der Waals surface area (Å²) in [5.41, 5.74) is 1.37. The number of nitrogens with zero attached hydrogens (tertiary/aromatic N) is 3. The van der Waals surface area contributed by atoms with Crippen LogP contribution in [-0.2, 0) is 10.0 Å². The largest absolute Gasteiger partial charge is 0.493 e. The summed E-state index contributed by atoms with van der Waals surface area (Å²) in [6, 6.07) is 10.2. The quantitative estimate of drug-likeness (QED) is 0.522. The zero-order chi connectivity index (χ0) is 22.9. The molecule has 1 fully saturated rings. The Kier molecular flexibility index (Phi) is 6.41. The standard InChI is InChI=1S/C22H24ClN3O5S/c1-14-6-8-17(23)12-20(14)32(27,28)26-10-4-5-16(13-26)22-24-21(25-31-22)15-7-9-18(29-2)19(11-15)30-3/h6-9,11-12,16H,4-5,10,13H2,1-3H3/t16-/m0/s1. The van der Waals surface area contributed by atoms with Gasteiger partial charge in [0.15, 0.2) is 11.5 Å². The second-order valence-corrected chi connectivity index (χ2v) is 9.98. The lowest BCUT2D eigenvalue weighted by Crippen LogP contribution is -2.39. The number of hydrogen-bond donors (Lipinski definition) is 0. The molecule has 0 amide bonds. The Morgan fingerprint density at radius 3 is 2.66 bits per heavy atom. The van der Waals surface area contributed by atoms with Crippen LogP contribution in [0, 0.1) is 6.92 Å². The van der Waals surface area contributed by atoms with E-state index in [2.05, 4.69) is 10.1 Å². The maximum Gasteiger partial charge on any atom is 0.243 e. The predicted octanol–water partition coefficient (Wildman–Crippen LogP) is 4.28. The van der Waals surface area contributed by atoms with Gasteiger partial charge in [-0.3, -0.25) is 0 Å². The normalized spacial score (nSPS) is 17.3. The van der Waals surface area contributed by atoms with Crippen LogP contribution in [0.3, 0.4) is 0 Å². The zero-order valence-corrected chi connectivity index (χ0v) is 19.6. The Balaban J connectivity index is 1.57. The first-order valence-corrected chi connectivity index (χ1v) is 12.0. The van der Waals surface area contributed by atoms with Gasteiger partial charge in [-0.05, 0) is 55.7 Å². The van der Waals surface area contributed by atoms with Crippen LogP contribution in [0.2, 0.25) is 5.02 Å². The van der Waals surface area contributed by atoms with Crippen molar-refractivity contribution in [3.63, 3.8) is 0 Å². The Hall–Kier alpha value is -2.62. The minimum atomic E-state index is -3.69. The summed E-state index contributed by atoms with van der Waals surface area (Å²) in [6.45, 7) is 2.46. The molecule has 0 spiro atoms. The van der Waals surface area contributed by atoms with Gasteiger partial charge in [0, 0.05) is 23.7 Å². The van der Waals surface area contributed by atoms with Crippen molar-refractivity contribution in [3.05, 3.63) is 52.9 Å². The first-order valence-electron chi connectivity index (χ1n) is 10.2. The highest BCUT2D eigenvalue weighted by molar-refractivity contribution is 7.89. The molecule has 3 aromatic rings. The van der Waals surface area contributed by atoms with Crippen molar-refractivity contribution in [1.82, 2.24) is 14.4 Å². The van der Waals surface area contributed by atoms with Gasteiger partial charge in [-0.15, -0.1) is 0 Å². The molecule has 170 valence electrons. The number of ether oxygens (including phenoxy) is 2. The molecule has 1 aromatic heterocycles. The third-order valence-corrected chi connectivity index (χ3v) is 7.83. The molecule has 10 heteroatoms. The fraction of sp³-hybridized carbons (Fsp3) is 0.364. The third-order valence-electron chi connectivity index (χ3n) is 5.58. The van der Waals surface area contributed by atoms with Crippen LogP contribution in [-0.4, -0.2) is 50.2 Å². The molecule has 0 saturated carbocycles. The number of aryl methyl sites for hydroxylation is 1. The number of benzene rings is 2. The summed E-state index contributed by atoms with van der Waals surface area (Å²) in [4.78, 5) is 4.76. The van der Waals surface area contributed by atoms with Crippen molar-refractivity contribution >= 4 is 21.6 Å². The number of aromatic nitrogens is 2. The maximum absolute atomic E-state index is 13.3. The van der Waals surface area contributed by atoms with Crippen molar-refractivity contribution in [2.24, 2.45) is 0 Å². The van der Waals surface area contributed by atoms with E-state index < -0.39 is 10.0 Å². The second-order valence-electron chi connectivity index (χ2n) is 7.64. The van der Waals surface area contributed by atoms with E-state index in [0.29, 0.717) is 52.3 Å². The van der Waals surface area contributed by atoms with Gasteiger partial charge < -0.3 is 14.0 Å². The van der Waals surface area contributed by atoms with Crippen molar-refractivity contribution in [2.45, 2.75) is 30.6 Å². The Labute approximate surface area is 192 Å². The van der Waals surface area contributed by atoms with Gasteiger partial charge in [0.2, 0.25) is 21.7 Å². The molecule has 0 N–H and O–H groups in total. The summed E-state index contributed by atoms with van der Waals surface area (Å²) in [7, 11) is -0.565. The van der Waals surface area contributed by atoms with E-state index in [1.807, 2.05) is 6.07 Å². The number of halogens is 1. The van der Waals surface area contributed by atoms with E-state index in [1.165, 1.54) is 10.4 Å². The molecule has 0 radical (unpaired) electrons. The first-order chi connectivity index (χ1) is 15.3. The minimum Gasteiger partial charge on any atom is -0.493 e. The summed E-state index contributed by atoms with van der Waals surface area (Å²) < 4.78 is 44.1. The van der Waals surface area contributed by atoms with Gasteiger partial charge in [-0.25, -0.2) is 8.42 Å². The topological polar surface area (TPSA) is 94.8 Å². The highest BCUT2D eigenvalue weighted by Gasteiger charge is 2.34. The third kappa shape index (κ3) is 4.32. The molecule has 1 aliphatic heterocycles. The van der Waals surface area contributed by atoms with Gasteiger partial charge in [0.05, 0.1) is 25.0 Å². The smallest absolute Gasteiger partial charge is 0.243 e. The predicted molar refractivity (Wildman–Crippen MR) is 120 cm³/mol. The molecule has 0 aliphatic carbocycles. The van der Waals surface area contributed by atoms with Crippen molar-refractivity contribution in [3.8, 4) is 22.9 Å². The van der Waals surface area contributed by atoms with Crippen LogP contribution in [0.25, 0.3) is 11.4 Å². The van der Waals surface area contributed by atoms with Crippen molar-refractivity contribution in [2.75, 3.05) is 27.3 Å². The molecule has 0 unspecified atom stereocenters. The highest BCUT2D eigenvalue weighted by atomic mass is 35.5. The minimum absolute atomic E-state index is 0.195. The molecule has 1 aliphatic rings. The lowest BCUT2D eigenvalue weighted by atomic mass is 10.00. The van der Waals surface area contributed by atoms with Gasteiger partial charge in [0.1, 0.15) is 0 Å². The zero-order valence-electron chi connectivity index (χ0n) is 18.0. The molecule has 4 rings (SSSR count). The first kappa shape index (κ1) is 22.6. The number of methoxy groups -OCH3 is 2. The Morgan fingerprint density at radius 2 is 1.91 bits per heavy atom. The molecule has 2 heterocycles.